The molecule has 0 saturated carbocycles. The zero-order valence-corrected chi connectivity index (χ0v) is 14.8. The van der Waals surface area contributed by atoms with Crippen LogP contribution in [0.15, 0.2) is 49.0 Å². The molecular weight excluding hydrogens is 330 g/mol. The Morgan fingerprint density at radius 2 is 1.75 bits per heavy atom. The first-order chi connectivity index (χ1) is 11.0. The molecule has 0 aliphatic rings. The van der Waals surface area contributed by atoms with Crippen molar-refractivity contribution in [3.63, 3.8) is 0 Å². The zero-order chi connectivity index (χ0) is 18.1. The van der Waals surface area contributed by atoms with Crippen LogP contribution in [-0.4, -0.2) is 5.11 Å². The predicted molar refractivity (Wildman–Crippen MR) is 94.8 cm³/mol. The summed E-state index contributed by atoms with van der Waals surface area (Å²) in [4.78, 5) is 0. The van der Waals surface area contributed by atoms with Crippen LogP contribution in [0, 0.1) is 17.0 Å². The summed E-state index contributed by atoms with van der Waals surface area (Å²) in [7, 11) is 0. The maximum atomic E-state index is 14.4. The van der Waals surface area contributed by atoms with Crippen molar-refractivity contribution in [2.75, 3.05) is 0 Å². The molecule has 0 bridgehead atoms. The predicted octanol–water partition coefficient (Wildman–Crippen LogP) is 5.96. The lowest BCUT2D eigenvalue weighted by Gasteiger charge is -2.37. The van der Waals surface area contributed by atoms with E-state index < -0.39 is 17.2 Å². The van der Waals surface area contributed by atoms with E-state index in [1.807, 2.05) is 20.8 Å². The molecule has 4 heteroatoms. The van der Waals surface area contributed by atoms with Crippen LogP contribution in [-0.2, 0) is 5.60 Å². The van der Waals surface area contributed by atoms with Gasteiger partial charge in [-0.1, -0.05) is 57.2 Å². The Morgan fingerprint density at radius 1 is 1.12 bits per heavy atom. The largest absolute Gasteiger partial charge is 0.380 e. The molecule has 0 spiro atoms. The highest BCUT2D eigenvalue weighted by Crippen LogP contribution is 2.45. The van der Waals surface area contributed by atoms with Gasteiger partial charge in [0.05, 0.1) is 0 Å². The van der Waals surface area contributed by atoms with Crippen LogP contribution in [0.2, 0.25) is 5.02 Å². The van der Waals surface area contributed by atoms with Crippen molar-refractivity contribution in [1.29, 1.82) is 0 Å². The highest BCUT2D eigenvalue weighted by Gasteiger charge is 2.40. The molecule has 0 heterocycles. The lowest BCUT2D eigenvalue weighted by Crippen LogP contribution is -2.33. The Labute approximate surface area is 146 Å². The topological polar surface area (TPSA) is 20.2 Å². The lowest BCUT2D eigenvalue weighted by molar-refractivity contribution is 0.0506. The second-order valence-corrected chi connectivity index (χ2v) is 7.59. The number of hydrogen-bond acceptors (Lipinski definition) is 1. The summed E-state index contributed by atoms with van der Waals surface area (Å²) in [6.45, 7) is 9.78. The molecule has 128 valence electrons. The van der Waals surface area contributed by atoms with Gasteiger partial charge in [-0.15, -0.1) is 0 Å². The van der Waals surface area contributed by atoms with Crippen LogP contribution >= 0.6 is 11.6 Å². The third kappa shape index (κ3) is 3.85. The maximum Gasteiger partial charge on any atom is 0.132 e. The van der Waals surface area contributed by atoms with Gasteiger partial charge in [0.2, 0.25) is 0 Å². The molecule has 0 aromatic heterocycles. The molecule has 1 nitrogen and oxygen atoms in total. The Morgan fingerprint density at radius 3 is 2.29 bits per heavy atom. The molecule has 2 rings (SSSR count). The fraction of sp³-hybridized carbons (Fsp3) is 0.300. The minimum Gasteiger partial charge on any atom is -0.380 e. The van der Waals surface area contributed by atoms with Crippen molar-refractivity contribution < 1.29 is 13.9 Å². The van der Waals surface area contributed by atoms with Gasteiger partial charge in [0.25, 0.3) is 0 Å². The summed E-state index contributed by atoms with van der Waals surface area (Å²) in [5, 5.41) is 11.8. The van der Waals surface area contributed by atoms with Gasteiger partial charge < -0.3 is 5.11 Å². The number of rotatable bonds is 4. The van der Waals surface area contributed by atoms with Crippen molar-refractivity contribution in [2.45, 2.75) is 32.8 Å². The van der Waals surface area contributed by atoms with E-state index in [1.165, 1.54) is 6.07 Å². The SMILES string of the molecule is C=C(c1ccccc1Cl)[C@](O)(CC(C)(C)C)c1ccc(F)cc1F. The van der Waals surface area contributed by atoms with Crippen molar-refractivity contribution in [3.8, 4) is 0 Å². The normalized spacial score (nSPS) is 14.3. The highest BCUT2D eigenvalue weighted by molar-refractivity contribution is 6.32. The molecule has 0 unspecified atom stereocenters. The Hall–Kier alpha value is -1.71. The summed E-state index contributed by atoms with van der Waals surface area (Å²) in [5.41, 5.74) is -1.23. The minimum atomic E-state index is -1.71. The van der Waals surface area contributed by atoms with E-state index in [1.54, 1.807) is 24.3 Å². The first kappa shape index (κ1) is 18.6. The number of hydrogen-bond donors (Lipinski definition) is 1. The van der Waals surface area contributed by atoms with E-state index >= 15 is 0 Å². The van der Waals surface area contributed by atoms with Crippen molar-refractivity contribution in [2.24, 2.45) is 5.41 Å². The van der Waals surface area contributed by atoms with Crippen LogP contribution in [0.3, 0.4) is 0 Å². The summed E-state index contributed by atoms with van der Waals surface area (Å²) in [6.07, 6.45) is 0.201. The zero-order valence-electron chi connectivity index (χ0n) is 14.0. The molecule has 0 amide bonds. The van der Waals surface area contributed by atoms with Crippen LogP contribution in [0.25, 0.3) is 5.57 Å². The molecule has 0 aliphatic heterocycles. The molecule has 2 aromatic rings. The smallest absolute Gasteiger partial charge is 0.132 e. The Bertz CT molecular complexity index is 764. The van der Waals surface area contributed by atoms with Crippen LogP contribution in [0.1, 0.15) is 38.3 Å². The first-order valence-electron chi connectivity index (χ1n) is 7.67. The third-order valence-corrected chi connectivity index (χ3v) is 4.19. The van der Waals surface area contributed by atoms with Crippen molar-refractivity contribution in [3.05, 3.63) is 76.8 Å². The van der Waals surface area contributed by atoms with Gasteiger partial charge in [-0.3, -0.25) is 0 Å². The second-order valence-electron chi connectivity index (χ2n) is 7.18. The average molecular weight is 351 g/mol. The first-order valence-corrected chi connectivity index (χ1v) is 8.04. The average Bonchev–Trinajstić information content (AvgIpc) is 2.45. The van der Waals surface area contributed by atoms with E-state index in [9.17, 15) is 13.9 Å². The standard InChI is InChI=1S/C20H21ClF2O/c1-13(15-7-5-6-8-17(15)21)20(24,12-19(2,3)4)16-10-9-14(22)11-18(16)23/h5-11,24H,1,12H2,2-4H3/t20-/m1/s1. The van der Waals surface area contributed by atoms with Crippen LogP contribution in [0.4, 0.5) is 8.78 Å². The Balaban J connectivity index is 2.64. The quantitative estimate of drug-likeness (QED) is 0.721. The van der Waals surface area contributed by atoms with Crippen molar-refractivity contribution >= 4 is 17.2 Å². The van der Waals surface area contributed by atoms with Gasteiger partial charge >= 0.3 is 0 Å². The van der Waals surface area contributed by atoms with Gasteiger partial charge in [0, 0.05) is 16.7 Å². The second kappa shape index (κ2) is 6.66. The Kier molecular flexibility index (Phi) is 5.17. The maximum absolute atomic E-state index is 14.4. The van der Waals surface area contributed by atoms with Gasteiger partial charge in [0.15, 0.2) is 0 Å². The summed E-state index contributed by atoms with van der Waals surface area (Å²) < 4.78 is 27.7. The minimum absolute atomic E-state index is 0.0104. The number of benzene rings is 2. The van der Waals surface area contributed by atoms with E-state index in [-0.39, 0.29) is 23.0 Å². The molecular formula is C20H21ClF2O. The number of halogens is 3. The van der Waals surface area contributed by atoms with Gasteiger partial charge in [-0.05, 0) is 41.2 Å². The monoisotopic (exact) mass is 350 g/mol. The molecule has 0 fully saturated rings. The molecule has 1 N–H and O–H groups in total. The summed E-state index contributed by atoms with van der Waals surface area (Å²) in [6, 6.07) is 10.1. The molecule has 0 saturated heterocycles. The van der Waals surface area contributed by atoms with Gasteiger partial charge in [-0.2, -0.15) is 0 Å². The molecule has 0 radical (unpaired) electrons. The van der Waals surface area contributed by atoms with Crippen LogP contribution < -0.4 is 0 Å². The van der Waals surface area contributed by atoms with E-state index in [0.717, 1.165) is 12.1 Å². The summed E-state index contributed by atoms with van der Waals surface area (Å²) in [5.74, 6) is -1.51. The van der Waals surface area contributed by atoms with E-state index in [4.69, 9.17) is 11.6 Å². The fourth-order valence-corrected chi connectivity index (χ4v) is 3.14. The summed E-state index contributed by atoms with van der Waals surface area (Å²) >= 11 is 6.22. The van der Waals surface area contributed by atoms with Crippen LogP contribution in [0.5, 0.6) is 0 Å². The van der Waals surface area contributed by atoms with Gasteiger partial charge in [-0.25, -0.2) is 8.78 Å². The fourth-order valence-electron chi connectivity index (χ4n) is 2.89. The van der Waals surface area contributed by atoms with E-state index in [2.05, 4.69) is 6.58 Å². The third-order valence-electron chi connectivity index (χ3n) is 3.86. The lowest BCUT2D eigenvalue weighted by atomic mass is 9.72. The van der Waals surface area contributed by atoms with Gasteiger partial charge in [0.1, 0.15) is 17.2 Å². The van der Waals surface area contributed by atoms with Crippen molar-refractivity contribution in [1.82, 2.24) is 0 Å². The molecule has 2 aromatic carbocycles. The highest BCUT2D eigenvalue weighted by atomic mass is 35.5. The molecule has 1 atom stereocenters. The number of aliphatic hydroxyl groups is 1. The van der Waals surface area contributed by atoms with E-state index in [0.29, 0.717) is 10.6 Å². The molecule has 0 aliphatic carbocycles. The molecule has 24 heavy (non-hydrogen) atoms.